The van der Waals surface area contributed by atoms with Crippen molar-refractivity contribution in [3.05, 3.63) is 273 Å². The van der Waals surface area contributed by atoms with Crippen LogP contribution in [0.5, 0.6) is 11.5 Å². The number of ketones is 2. The lowest BCUT2D eigenvalue weighted by molar-refractivity contribution is -0.108. The van der Waals surface area contributed by atoms with Crippen LogP contribution in [-0.4, -0.2) is 11.6 Å². The molecular formula is C62H46O3. The van der Waals surface area contributed by atoms with Crippen molar-refractivity contribution >= 4 is 33.9 Å². The van der Waals surface area contributed by atoms with E-state index in [1.807, 2.05) is 109 Å². The fraction of sp³-hybridized carbons (Fsp3) is 0.0968. The van der Waals surface area contributed by atoms with Gasteiger partial charge in [-0.15, -0.1) is 0 Å². The van der Waals surface area contributed by atoms with E-state index in [0.29, 0.717) is 28.6 Å². The highest BCUT2D eigenvalue weighted by Gasteiger charge is 2.36. The van der Waals surface area contributed by atoms with E-state index in [9.17, 15) is 9.59 Å². The van der Waals surface area contributed by atoms with Crippen molar-refractivity contribution in [3.63, 3.8) is 0 Å². The zero-order chi connectivity index (χ0) is 44.3. The monoisotopic (exact) mass is 838 g/mol. The van der Waals surface area contributed by atoms with Gasteiger partial charge in [0.05, 0.1) is 0 Å². The van der Waals surface area contributed by atoms with Crippen LogP contribution in [0.1, 0.15) is 90.3 Å². The molecule has 0 heterocycles. The molecule has 312 valence electrons. The minimum atomic E-state index is 0.0164. The SMILES string of the molecule is CC(=O)c1ccc(C2Cc3cc(C#Cc4ccc(Oc5ccc(C6=C(c7ccccc7)C(=O)C(c7ccccc7)=C6c6ccc(C)cc6)cc5)cc4)ccc3CC2c2ccccc2)cc1. The minimum Gasteiger partial charge on any atom is -0.457 e. The van der Waals surface area contributed by atoms with Crippen molar-refractivity contribution < 1.29 is 14.3 Å². The molecule has 10 rings (SSSR count). The van der Waals surface area contributed by atoms with Gasteiger partial charge in [0.1, 0.15) is 11.5 Å². The Kier molecular flexibility index (Phi) is 11.3. The summed E-state index contributed by atoms with van der Waals surface area (Å²) in [7, 11) is 0. The Labute approximate surface area is 381 Å². The van der Waals surface area contributed by atoms with E-state index in [2.05, 4.69) is 116 Å². The number of ether oxygens (including phenoxy) is 1. The summed E-state index contributed by atoms with van der Waals surface area (Å²) in [6.07, 6.45) is 1.85. The molecule has 0 saturated carbocycles. The number of allylic oxidation sites excluding steroid dienone is 4. The molecule has 2 aliphatic rings. The van der Waals surface area contributed by atoms with Crippen LogP contribution in [0.2, 0.25) is 0 Å². The quantitative estimate of drug-likeness (QED) is 0.107. The first-order valence-corrected chi connectivity index (χ1v) is 22.3. The largest absolute Gasteiger partial charge is 0.457 e. The highest BCUT2D eigenvalue weighted by molar-refractivity contribution is 6.59. The summed E-state index contributed by atoms with van der Waals surface area (Å²) >= 11 is 0. The lowest BCUT2D eigenvalue weighted by atomic mass is 9.70. The highest BCUT2D eigenvalue weighted by Crippen LogP contribution is 2.50. The van der Waals surface area contributed by atoms with E-state index in [-0.39, 0.29) is 17.5 Å². The highest BCUT2D eigenvalue weighted by atomic mass is 16.5. The van der Waals surface area contributed by atoms with Crippen molar-refractivity contribution in [2.75, 3.05) is 0 Å². The molecule has 0 radical (unpaired) electrons. The van der Waals surface area contributed by atoms with Gasteiger partial charge in [-0.1, -0.05) is 175 Å². The average Bonchev–Trinajstić information content (AvgIpc) is 3.66. The standard InChI is InChI=1S/C62H46O3/c1-41-18-25-50(26-19-41)58-59(61(49-16-10-5-11-17-49)62(64)60(58)48-14-8-4-9-15-48)51-32-36-55(37-33-51)65-54-34-23-43(24-35-54)20-21-44-22-27-52-39-56(46-12-6-3-7-13-46)57(40-53(52)38-44)47-30-28-45(29-31-47)42(2)63/h3-19,22-38,56-57H,39-40H2,1-2H3. The third-order valence-electron chi connectivity index (χ3n) is 12.8. The molecule has 2 aliphatic carbocycles. The van der Waals surface area contributed by atoms with Crippen LogP contribution in [0.3, 0.4) is 0 Å². The summed E-state index contributed by atoms with van der Waals surface area (Å²) in [5.41, 5.74) is 16.0. The number of hydrogen-bond donors (Lipinski definition) is 0. The molecule has 0 bridgehead atoms. The van der Waals surface area contributed by atoms with Crippen LogP contribution >= 0.6 is 0 Å². The molecule has 3 heteroatoms. The van der Waals surface area contributed by atoms with Crippen molar-refractivity contribution in [3.8, 4) is 23.3 Å². The van der Waals surface area contributed by atoms with Crippen LogP contribution in [-0.2, 0) is 17.6 Å². The molecule has 0 amide bonds. The Hall–Kier alpha value is -8.06. The van der Waals surface area contributed by atoms with Crippen molar-refractivity contribution in [1.29, 1.82) is 0 Å². The van der Waals surface area contributed by atoms with Gasteiger partial charge in [-0.25, -0.2) is 0 Å². The van der Waals surface area contributed by atoms with Gasteiger partial charge in [0.2, 0.25) is 0 Å². The van der Waals surface area contributed by atoms with Crippen LogP contribution in [0.15, 0.2) is 206 Å². The zero-order valence-corrected chi connectivity index (χ0v) is 36.4. The molecule has 0 fully saturated rings. The van der Waals surface area contributed by atoms with Crippen molar-refractivity contribution in [2.45, 2.75) is 38.5 Å². The first kappa shape index (κ1) is 41.0. The summed E-state index contributed by atoms with van der Waals surface area (Å²) < 4.78 is 6.37. The van der Waals surface area contributed by atoms with Crippen LogP contribution in [0.4, 0.5) is 0 Å². The molecule has 2 atom stereocenters. The fourth-order valence-corrected chi connectivity index (χ4v) is 9.45. The average molecular weight is 839 g/mol. The molecule has 2 unspecified atom stereocenters. The van der Waals surface area contributed by atoms with E-state index >= 15 is 0 Å². The molecular weight excluding hydrogens is 793 g/mol. The summed E-state index contributed by atoms with van der Waals surface area (Å²) in [6.45, 7) is 3.70. The van der Waals surface area contributed by atoms with E-state index < -0.39 is 0 Å². The second-order valence-electron chi connectivity index (χ2n) is 17.0. The number of aryl methyl sites for hydroxylation is 1. The van der Waals surface area contributed by atoms with Gasteiger partial charge < -0.3 is 4.74 Å². The van der Waals surface area contributed by atoms with Crippen LogP contribution in [0, 0.1) is 18.8 Å². The molecule has 0 aliphatic heterocycles. The van der Waals surface area contributed by atoms with Gasteiger partial charge in [0, 0.05) is 39.0 Å². The molecule has 0 spiro atoms. The first-order chi connectivity index (χ1) is 31.9. The number of Topliss-reactive ketones (excluding diaryl/α,β-unsaturated/α-hetero) is 2. The van der Waals surface area contributed by atoms with Gasteiger partial charge in [-0.3, -0.25) is 9.59 Å². The molecule has 8 aromatic rings. The number of carbonyl (C=O) groups is 2. The normalized spacial score (nSPS) is 15.6. The smallest absolute Gasteiger partial charge is 0.195 e. The van der Waals surface area contributed by atoms with Crippen LogP contribution < -0.4 is 4.74 Å². The van der Waals surface area contributed by atoms with Gasteiger partial charge in [0.25, 0.3) is 0 Å². The number of benzene rings is 8. The minimum absolute atomic E-state index is 0.0164. The molecule has 0 saturated heterocycles. The number of hydrogen-bond acceptors (Lipinski definition) is 3. The van der Waals surface area contributed by atoms with Crippen LogP contribution in [0.25, 0.3) is 22.3 Å². The Balaban J connectivity index is 0.892. The fourth-order valence-electron chi connectivity index (χ4n) is 9.45. The third kappa shape index (κ3) is 8.55. The maximum absolute atomic E-state index is 14.6. The molecule has 0 N–H and O–H groups in total. The summed E-state index contributed by atoms with van der Waals surface area (Å²) in [6, 6.07) is 70.0. The second-order valence-corrected chi connectivity index (χ2v) is 17.0. The van der Waals surface area contributed by atoms with Gasteiger partial charge in [-0.2, -0.15) is 0 Å². The summed E-state index contributed by atoms with van der Waals surface area (Å²) in [5.74, 6) is 8.92. The van der Waals surface area contributed by atoms with E-state index in [0.717, 1.165) is 68.5 Å². The number of fused-ring (bicyclic) bond motifs is 1. The lowest BCUT2D eigenvalue weighted by Gasteiger charge is -2.34. The van der Waals surface area contributed by atoms with Gasteiger partial charge >= 0.3 is 0 Å². The van der Waals surface area contributed by atoms with E-state index in [4.69, 9.17) is 4.74 Å². The van der Waals surface area contributed by atoms with Gasteiger partial charge in [0.15, 0.2) is 11.6 Å². The zero-order valence-electron chi connectivity index (χ0n) is 36.4. The van der Waals surface area contributed by atoms with Crippen molar-refractivity contribution in [2.24, 2.45) is 0 Å². The summed E-state index contributed by atoms with van der Waals surface area (Å²) in [5, 5.41) is 0. The molecule has 65 heavy (non-hydrogen) atoms. The summed E-state index contributed by atoms with van der Waals surface area (Å²) in [4.78, 5) is 26.7. The predicted octanol–water partition coefficient (Wildman–Crippen LogP) is 14.2. The molecule has 8 aromatic carbocycles. The topological polar surface area (TPSA) is 43.4 Å². The Morgan fingerprint density at radius 2 is 0.908 bits per heavy atom. The Bertz CT molecular complexity index is 3170. The maximum Gasteiger partial charge on any atom is 0.195 e. The molecule has 3 nitrogen and oxygen atoms in total. The van der Waals surface area contributed by atoms with Gasteiger partial charge in [-0.05, 0) is 132 Å². The predicted molar refractivity (Wildman–Crippen MR) is 264 cm³/mol. The van der Waals surface area contributed by atoms with Crippen molar-refractivity contribution in [1.82, 2.24) is 0 Å². The Morgan fingerprint density at radius 3 is 1.46 bits per heavy atom. The first-order valence-electron chi connectivity index (χ1n) is 22.3. The lowest BCUT2D eigenvalue weighted by Crippen LogP contribution is -2.22. The van der Waals surface area contributed by atoms with E-state index in [1.165, 1.54) is 22.3 Å². The number of rotatable bonds is 9. The second kappa shape index (κ2) is 18.0. The molecule has 0 aromatic heterocycles. The Morgan fingerprint density at radius 1 is 0.462 bits per heavy atom. The third-order valence-corrected chi connectivity index (χ3v) is 12.8. The van der Waals surface area contributed by atoms with E-state index in [1.54, 1.807) is 6.92 Å². The number of carbonyl (C=O) groups excluding carboxylic acids is 2. The maximum atomic E-state index is 14.6.